The molecule has 4 nitrogen and oxygen atoms in total. The summed E-state index contributed by atoms with van der Waals surface area (Å²) in [5.41, 5.74) is -2.54. The maximum absolute atomic E-state index is 12.7. The second-order valence-corrected chi connectivity index (χ2v) is 4.90. The second kappa shape index (κ2) is 5.72. The molecule has 0 aliphatic rings. The smallest absolute Gasteiger partial charge is 0.746 e. The van der Waals surface area contributed by atoms with Gasteiger partial charge in [0, 0.05) is 4.47 Å². The monoisotopic (exact) mass is 306 g/mol. The van der Waals surface area contributed by atoms with Crippen LogP contribution in [0, 0.1) is 5.82 Å². The molecule has 0 amide bonds. The van der Waals surface area contributed by atoms with Crippen LogP contribution in [0.4, 0.5) is 4.39 Å². The number of benzene rings is 1. The van der Waals surface area contributed by atoms with E-state index < -0.39 is 21.4 Å². The number of hydrogen-bond acceptors (Lipinski definition) is 4. The van der Waals surface area contributed by atoms with E-state index in [0.29, 0.717) is 0 Å². The third-order valence-electron chi connectivity index (χ3n) is 1.44. The second-order valence-electron chi connectivity index (χ2n) is 2.55. The van der Waals surface area contributed by atoms with Gasteiger partial charge in [-0.2, -0.15) is 0 Å². The fourth-order valence-corrected chi connectivity index (χ4v) is 1.84. The maximum Gasteiger partial charge on any atom is 1.00 e. The van der Waals surface area contributed by atoms with E-state index in [9.17, 15) is 17.4 Å². The van der Waals surface area contributed by atoms with Crippen molar-refractivity contribution in [2.45, 2.75) is 5.44 Å². The normalized spacial score (nSPS) is 13.1. The molecule has 0 aliphatic carbocycles. The summed E-state index contributed by atoms with van der Waals surface area (Å²) in [4.78, 5) is 0. The summed E-state index contributed by atoms with van der Waals surface area (Å²) < 4.78 is 44.2. The molecular formula is C7H5BrFNaO4S. The van der Waals surface area contributed by atoms with Crippen LogP contribution in [-0.2, 0) is 10.1 Å². The minimum Gasteiger partial charge on any atom is -0.746 e. The van der Waals surface area contributed by atoms with Crippen LogP contribution in [0.2, 0.25) is 0 Å². The summed E-state index contributed by atoms with van der Waals surface area (Å²) in [7, 11) is -4.87. The molecule has 0 aromatic heterocycles. The zero-order chi connectivity index (χ0) is 10.9. The Morgan fingerprint density at radius 3 is 2.33 bits per heavy atom. The molecule has 1 unspecified atom stereocenters. The molecular weight excluding hydrogens is 302 g/mol. The van der Waals surface area contributed by atoms with E-state index in [1.165, 1.54) is 0 Å². The van der Waals surface area contributed by atoms with Crippen LogP contribution in [-0.4, -0.2) is 18.1 Å². The fraction of sp³-hybridized carbons (Fsp3) is 0.143. The van der Waals surface area contributed by atoms with Gasteiger partial charge in [-0.1, -0.05) is 15.9 Å². The molecule has 0 fully saturated rings. The minimum atomic E-state index is -4.87. The summed E-state index contributed by atoms with van der Waals surface area (Å²) >= 11 is 2.90. The maximum atomic E-state index is 12.7. The van der Waals surface area contributed by atoms with Crippen molar-refractivity contribution in [2.75, 3.05) is 0 Å². The Bertz CT molecular complexity index is 430. The van der Waals surface area contributed by atoms with E-state index in [0.717, 1.165) is 18.2 Å². The minimum absolute atomic E-state index is 0. The molecule has 0 saturated heterocycles. The van der Waals surface area contributed by atoms with Gasteiger partial charge >= 0.3 is 29.6 Å². The standard InChI is InChI=1S/C7H6BrFO4S.Na/c8-5-1-4(2-6(9)3-5)7(10)14(11,12)13;/h1-3,7,10H,(H,11,12,13);/q;+1/p-1. The summed E-state index contributed by atoms with van der Waals surface area (Å²) in [6.07, 6.45) is 0. The van der Waals surface area contributed by atoms with Crippen LogP contribution in [0.25, 0.3) is 0 Å². The molecule has 0 bridgehead atoms. The molecule has 0 spiro atoms. The van der Waals surface area contributed by atoms with Crippen molar-refractivity contribution in [3.8, 4) is 0 Å². The summed E-state index contributed by atoms with van der Waals surface area (Å²) in [5, 5.41) is 9.02. The van der Waals surface area contributed by atoms with Gasteiger partial charge in [-0.3, -0.25) is 0 Å². The van der Waals surface area contributed by atoms with Gasteiger partial charge in [0.05, 0.1) is 0 Å². The van der Waals surface area contributed by atoms with Gasteiger partial charge in [0.1, 0.15) is 15.9 Å². The van der Waals surface area contributed by atoms with Gasteiger partial charge in [0.2, 0.25) is 0 Å². The molecule has 15 heavy (non-hydrogen) atoms. The van der Waals surface area contributed by atoms with E-state index in [4.69, 9.17) is 5.11 Å². The predicted octanol–water partition coefficient (Wildman–Crippen LogP) is -1.87. The summed E-state index contributed by atoms with van der Waals surface area (Å²) in [6, 6.07) is 3.02. The molecule has 1 aromatic carbocycles. The van der Waals surface area contributed by atoms with Crippen LogP contribution in [0.1, 0.15) is 11.0 Å². The van der Waals surface area contributed by atoms with Crippen LogP contribution >= 0.6 is 15.9 Å². The van der Waals surface area contributed by atoms with Crippen LogP contribution in [0.15, 0.2) is 22.7 Å². The number of aliphatic hydroxyl groups is 1. The van der Waals surface area contributed by atoms with Crippen LogP contribution in [0.3, 0.4) is 0 Å². The summed E-state index contributed by atoms with van der Waals surface area (Å²) in [6.45, 7) is 0. The molecule has 0 radical (unpaired) electrons. The Morgan fingerprint density at radius 2 is 1.93 bits per heavy atom. The van der Waals surface area contributed by atoms with Gasteiger partial charge in [0.25, 0.3) is 0 Å². The van der Waals surface area contributed by atoms with E-state index in [1.54, 1.807) is 0 Å². The zero-order valence-corrected chi connectivity index (χ0v) is 12.0. The Morgan fingerprint density at radius 1 is 1.40 bits per heavy atom. The first-order chi connectivity index (χ1) is 6.30. The average molecular weight is 307 g/mol. The van der Waals surface area contributed by atoms with Crippen molar-refractivity contribution in [2.24, 2.45) is 0 Å². The third-order valence-corrected chi connectivity index (χ3v) is 2.72. The average Bonchev–Trinajstić information content (AvgIpc) is 1.99. The van der Waals surface area contributed by atoms with E-state index in [-0.39, 0.29) is 39.6 Å². The van der Waals surface area contributed by atoms with Crippen molar-refractivity contribution in [1.29, 1.82) is 0 Å². The van der Waals surface area contributed by atoms with Gasteiger partial charge in [-0.25, -0.2) is 12.8 Å². The number of halogens is 2. The van der Waals surface area contributed by atoms with Gasteiger partial charge in [-0.05, 0) is 23.8 Å². The fourth-order valence-electron chi connectivity index (χ4n) is 0.884. The van der Waals surface area contributed by atoms with Crippen molar-refractivity contribution < 1.29 is 52.0 Å². The number of rotatable bonds is 2. The Hall–Kier alpha value is 0.500. The van der Waals surface area contributed by atoms with Gasteiger partial charge < -0.3 is 9.66 Å². The molecule has 0 aliphatic heterocycles. The SMILES string of the molecule is O=S(=O)([O-])C(O)c1cc(F)cc(Br)c1.[Na+]. The largest absolute Gasteiger partial charge is 1.00 e. The molecule has 1 atom stereocenters. The van der Waals surface area contributed by atoms with Crippen molar-refractivity contribution in [3.63, 3.8) is 0 Å². The third kappa shape index (κ3) is 4.48. The van der Waals surface area contributed by atoms with Gasteiger partial charge in [0.15, 0.2) is 5.44 Å². The molecule has 0 heterocycles. The molecule has 1 aromatic rings. The Balaban J connectivity index is 0.00000196. The first-order valence-electron chi connectivity index (χ1n) is 3.39. The summed E-state index contributed by atoms with van der Waals surface area (Å²) in [5.74, 6) is -0.739. The van der Waals surface area contributed by atoms with Crippen molar-refractivity contribution in [3.05, 3.63) is 34.1 Å². The Kier molecular flexibility index (Phi) is 5.91. The van der Waals surface area contributed by atoms with E-state index in [2.05, 4.69) is 15.9 Å². The molecule has 8 heteroatoms. The predicted molar refractivity (Wildman–Crippen MR) is 48.8 cm³/mol. The van der Waals surface area contributed by atoms with Crippen LogP contribution < -0.4 is 29.6 Å². The van der Waals surface area contributed by atoms with E-state index in [1.807, 2.05) is 0 Å². The van der Waals surface area contributed by atoms with Crippen LogP contribution in [0.5, 0.6) is 0 Å². The van der Waals surface area contributed by atoms with Gasteiger partial charge in [-0.15, -0.1) is 0 Å². The van der Waals surface area contributed by atoms with Crippen molar-refractivity contribution in [1.82, 2.24) is 0 Å². The quantitative estimate of drug-likeness (QED) is 0.513. The first-order valence-corrected chi connectivity index (χ1v) is 5.66. The molecule has 0 saturated carbocycles. The number of hydrogen-bond donors (Lipinski definition) is 1. The number of aliphatic hydroxyl groups excluding tert-OH is 1. The molecule has 1 rings (SSSR count). The zero-order valence-electron chi connectivity index (χ0n) is 7.65. The molecule has 1 N–H and O–H groups in total. The first kappa shape index (κ1) is 15.5. The topological polar surface area (TPSA) is 77.4 Å². The van der Waals surface area contributed by atoms with E-state index >= 15 is 0 Å². The molecule has 78 valence electrons. The Labute approximate surface area is 117 Å². The van der Waals surface area contributed by atoms with Crippen molar-refractivity contribution >= 4 is 26.0 Å².